The first-order valence-corrected chi connectivity index (χ1v) is 7.04. The second-order valence-corrected chi connectivity index (χ2v) is 5.35. The van der Waals surface area contributed by atoms with E-state index in [-0.39, 0.29) is 5.91 Å². The van der Waals surface area contributed by atoms with E-state index in [1.165, 1.54) is 11.3 Å². The van der Waals surface area contributed by atoms with E-state index in [0.717, 1.165) is 0 Å². The van der Waals surface area contributed by atoms with Gasteiger partial charge in [-0.15, -0.1) is 6.58 Å². The molecule has 2 rings (SSSR count). The molecule has 0 aliphatic rings. The minimum Gasteiger partial charge on any atom is -0.348 e. The standard InChI is InChI=1S/C13H13ClN4OS/c1-3-6-15-12(19)11-8(2)17-13(20-11)18-10-5-4-9(14)7-16-10/h3-5,7H,1,6H2,2H3,(H,15,19)(H,16,17,18). The van der Waals surface area contributed by atoms with E-state index in [1.807, 2.05) is 0 Å². The van der Waals surface area contributed by atoms with Crippen molar-refractivity contribution in [2.24, 2.45) is 0 Å². The zero-order valence-electron chi connectivity index (χ0n) is 10.8. The molecule has 2 aromatic heterocycles. The van der Waals surface area contributed by atoms with Gasteiger partial charge in [0.25, 0.3) is 5.91 Å². The van der Waals surface area contributed by atoms with Crippen LogP contribution in [0.1, 0.15) is 15.4 Å². The Bertz CT molecular complexity index is 624. The highest BCUT2D eigenvalue weighted by atomic mass is 35.5. The largest absolute Gasteiger partial charge is 0.348 e. The second kappa shape index (κ2) is 6.49. The molecule has 20 heavy (non-hydrogen) atoms. The molecule has 2 heterocycles. The molecule has 0 atom stereocenters. The average Bonchev–Trinajstić information content (AvgIpc) is 2.79. The molecule has 0 bridgehead atoms. The van der Waals surface area contributed by atoms with E-state index in [9.17, 15) is 4.79 Å². The van der Waals surface area contributed by atoms with Crippen molar-refractivity contribution in [2.45, 2.75) is 6.92 Å². The summed E-state index contributed by atoms with van der Waals surface area (Å²) in [5.41, 5.74) is 0.674. The Hall–Kier alpha value is -1.92. The van der Waals surface area contributed by atoms with E-state index in [4.69, 9.17) is 11.6 Å². The Morgan fingerprint density at radius 3 is 3.00 bits per heavy atom. The first-order valence-electron chi connectivity index (χ1n) is 5.85. The predicted molar refractivity (Wildman–Crippen MR) is 81.9 cm³/mol. The van der Waals surface area contributed by atoms with Crippen molar-refractivity contribution < 1.29 is 4.79 Å². The van der Waals surface area contributed by atoms with E-state index >= 15 is 0 Å². The van der Waals surface area contributed by atoms with Crippen LogP contribution in [0.4, 0.5) is 10.9 Å². The van der Waals surface area contributed by atoms with Gasteiger partial charge in [0, 0.05) is 12.7 Å². The summed E-state index contributed by atoms with van der Waals surface area (Å²) in [6.45, 7) is 5.78. The van der Waals surface area contributed by atoms with E-state index in [0.29, 0.717) is 33.1 Å². The number of pyridine rings is 1. The molecule has 104 valence electrons. The molecule has 2 N–H and O–H groups in total. The maximum absolute atomic E-state index is 11.9. The smallest absolute Gasteiger partial charge is 0.263 e. The number of carbonyl (C=O) groups excluding carboxylic acids is 1. The summed E-state index contributed by atoms with van der Waals surface area (Å²) in [7, 11) is 0. The Morgan fingerprint density at radius 1 is 1.55 bits per heavy atom. The number of halogens is 1. The topological polar surface area (TPSA) is 66.9 Å². The van der Waals surface area contributed by atoms with Gasteiger partial charge in [-0.2, -0.15) is 0 Å². The van der Waals surface area contributed by atoms with Gasteiger partial charge in [-0.25, -0.2) is 9.97 Å². The summed E-state index contributed by atoms with van der Waals surface area (Å²) >= 11 is 7.05. The number of anilines is 2. The monoisotopic (exact) mass is 308 g/mol. The van der Waals surface area contributed by atoms with Crippen LogP contribution < -0.4 is 10.6 Å². The first-order chi connectivity index (χ1) is 9.60. The highest BCUT2D eigenvalue weighted by molar-refractivity contribution is 7.17. The minimum absolute atomic E-state index is 0.156. The molecule has 0 saturated heterocycles. The molecular formula is C13H13ClN4OS. The number of thiazole rings is 1. The molecule has 0 fully saturated rings. The number of nitrogens with zero attached hydrogens (tertiary/aromatic N) is 2. The number of nitrogens with one attached hydrogen (secondary N) is 2. The minimum atomic E-state index is -0.156. The quantitative estimate of drug-likeness (QED) is 0.833. The Kier molecular flexibility index (Phi) is 4.70. The fourth-order valence-corrected chi connectivity index (χ4v) is 2.47. The third kappa shape index (κ3) is 3.55. The second-order valence-electron chi connectivity index (χ2n) is 3.92. The third-order valence-corrected chi connectivity index (χ3v) is 3.67. The van der Waals surface area contributed by atoms with E-state index in [1.54, 1.807) is 31.3 Å². The lowest BCUT2D eigenvalue weighted by Crippen LogP contribution is -2.22. The van der Waals surface area contributed by atoms with Crippen LogP contribution in [-0.4, -0.2) is 22.4 Å². The van der Waals surface area contributed by atoms with Crippen LogP contribution in [0.15, 0.2) is 31.0 Å². The number of rotatable bonds is 5. The van der Waals surface area contributed by atoms with Crippen LogP contribution in [0.3, 0.4) is 0 Å². The van der Waals surface area contributed by atoms with Crippen molar-refractivity contribution in [3.63, 3.8) is 0 Å². The number of hydrogen-bond donors (Lipinski definition) is 2. The highest BCUT2D eigenvalue weighted by Gasteiger charge is 2.14. The molecule has 5 nitrogen and oxygen atoms in total. The summed E-state index contributed by atoms with van der Waals surface area (Å²) in [6.07, 6.45) is 3.17. The maximum atomic E-state index is 11.9. The van der Waals surface area contributed by atoms with Crippen LogP contribution in [0.5, 0.6) is 0 Å². The van der Waals surface area contributed by atoms with Crippen molar-refractivity contribution in [3.8, 4) is 0 Å². The molecule has 7 heteroatoms. The van der Waals surface area contributed by atoms with Gasteiger partial charge >= 0.3 is 0 Å². The van der Waals surface area contributed by atoms with Gasteiger partial charge in [-0.3, -0.25) is 4.79 Å². The summed E-state index contributed by atoms with van der Waals surface area (Å²) < 4.78 is 0. The average molecular weight is 309 g/mol. The molecule has 0 radical (unpaired) electrons. The lowest BCUT2D eigenvalue weighted by molar-refractivity contribution is 0.0961. The fourth-order valence-electron chi connectivity index (χ4n) is 1.47. The number of aryl methyl sites for hydroxylation is 1. The summed E-state index contributed by atoms with van der Waals surface area (Å²) in [6, 6.07) is 3.48. The van der Waals surface area contributed by atoms with Crippen molar-refractivity contribution >= 4 is 39.8 Å². The van der Waals surface area contributed by atoms with Crippen molar-refractivity contribution in [1.82, 2.24) is 15.3 Å². The number of amides is 1. The number of carbonyl (C=O) groups is 1. The lowest BCUT2D eigenvalue weighted by atomic mass is 10.4. The van der Waals surface area contributed by atoms with Crippen LogP contribution in [0.25, 0.3) is 0 Å². The van der Waals surface area contributed by atoms with Gasteiger partial charge < -0.3 is 10.6 Å². The summed E-state index contributed by atoms with van der Waals surface area (Å²) in [5, 5.41) is 6.94. The predicted octanol–water partition coefficient (Wildman–Crippen LogP) is 3.16. The van der Waals surface area contributed by atoms with Crippen LogP contribution in [0.2, 0.25) is 5.02 Å². The van der Waals surface area contributed by atoms with Gasteiger partial charge in [-0.1, -0.05) is 29.0 Å². The van der Waals surface area contributed by atoms with Crippen LogP contribution >= 0.6 is 22.9 Å². The molecule has 0 aliphatic heterocycles. The molecule has 0 unspecified atom stereocenters. The number of aromatic nitrogens is 2. The molecule has 0 spiro atoms. The van der Waals surface area contributed by atoms with Crippen molar-refractivity contribution in [3.05, 3.63) is 46.6 Å². The van der Waals surface area contributed by atoms with Gasteiger partial charge in [-0.05, 0) is 19.1 Å². The van der Waals surface area contributed by atoms with Crippen LogP contribution in [-0.2, 0) is 0 Å². The molecule has 0 saturated carbocycles. The SMILES string of the molecule is C=CCNC(=O)c1sc(Nc2ccc(Cl)cn2)nc1C. The lowest BCUT2D eigenvalue weighted by Gasteiger charge is -2.00. The highest BCUT2D eigenvalue weighted by Crippen LogP contribution is 2.25. The van der Waals surface area contributed by atoms with Gasteiger partial charge in [0.05, 0.1) is 10.7 Å². The maximum Gasteiger partial charge on any atom is 0.263 e. The zero-order valence-corrected chi connectivity index (χ0v) is 12.4. The Balaban J connectivity index is 2.12. The van der Waals surface area contributed by atoms with Gasteiger partial charge in [0.1, 0.15) is 10.7 Å². The summed E-state index contributed by atoms with van der Waals surface area (Å²) in [5.74, 6) is 0.471. The van der Waals surface area contributed by atoms with Crippen LogP contribution in [0, 0.1) is 6.92 Å². The molecular weight excluding hydrogens is 296 g/mol. The van der Waals surface area contributed by atoms with Gasteiger partial charge in [0.15, 0.2) is 5.13 Å². The Labute approximate surface area is 125 Å². The Morgan fingerprint density at radius 2 is 2.35 bits per heavy atom. The van der Waals surface area contributed by atoms with Crippen molar-refractivity contribution in [2.75, 3.05) is 11.9 Å². The van der Waals surface area contributed by atoms with Gasteiger partial charge in [0.2, 0.25) is 0 Å². The van der Waals surface area contributed by atoms with Crippen molar-refractivity contribution in [1.29, 1.82) is 0 Å². The molecule has 0 aromatic carbocycles. The molecule has 2 aromatic rings. The molecule has 0 aliphatic carbocycles. The summed E-state index contributed by atoms with van der Waals surface area (Å²) in [4.78, 5) is 20.9. The normalized spacial score (nSPS) is 10.1. The van der Waals surface area contributed by atoms with E-state index < -0.39 is 0 Å². The number of hydrogen-bond acceptors (Lipinski definition) is 5. The molecule has 1 amide bonds. The first kappa shape index (κ1) is 14.5. The zero-order chi connectivity index (χ0) is 14.5. The van der Waals surface area contributed by atoms with E-state index in [2.05, 4.69) is 27.2 Å². The fraction of sp³-hybridized carbons (Fsp3) is 0.154. The third-order valence-electron chi connectivity index (χ3n) is 2.37.